The number of benzene rings is 3. The first-order valence-corrected chi connectivity index (χ1v) is 13.2. The van der Waals surface area contributed by atoms with Crippen LogP contribution in [0, 0.1) is 6.92 Å². The predicted molar refractivity (Wildman–Crippen MR) is 150 cm³/mol. The minimum atomic E-state index is -0.669. The average molecular weight is 501 g/mol. The van der Waals surface area contributed by atoms with Crippen LogP contribution in [0.15, 0.2) is 78.9 Å². The molecule has 0 saturated carbocycles. The van der Waals surface area contributed by atoms with Gasteiger partial charge in [0.2, 0.25) is 5.91 Å². The van der Waals surface area contributed by atoms with E-state index in [1.807, 2.05) is 99.6 Å². The molecule has 2 atom stereocenters. The van der Waals surface area contributed by atoms with Crippen molar-refractivity contribution >= 4 is 11.8 Å². The lowest BCUT2D eigenvalue weighted by Gasteiger charge is -2.32. The van der Waals surface area contributed by atoms with Gasteiger partial charge in [0.1, 0.15) is 11.8 Å². The molecule has 0 radical (unpaired) electrons. The second-order valence-corrected chi connectivity index (χ2v) is 10.0. The predicted octanol–water partition coefficient (Wildman–Crippen LogP) is 6.05. The van der Waals surface area contributed by atoms with Crippen molar-refractivity contribution in [3.8, 4) is 5.75 Å². The van der Waals surface area contributed by atoms with Crippen molar-refractivity contribution in [1.82, 2.24) is 10.2 Å². The molecule has 3 aromatic rings. The fourth-order valence-electron chi connectivity index (χ4n) is 4.06. The van der Waals surface area contributed by atoms with Crippen LogP contribution >= 0.6 is 0 Å². The highest BCUT2D eigenvalue weighted by atomic mass is 16.5. The molecule has 3 rings (SSSR count). The van der Waals surface area contributed by atoms with Gasteiger partial charge in [-0.1, -0.05) is 93.1 Å². The zero-order chi connectivity index (χ0) is 26.8. The van der Waals surface area contributed by atoms with Gasteiger partial charge in [-0.25, -0.2) is 0 Å². The monoisotopic (exact) mass is 500 g/mol. The summed E-state index contributed by atoms with van der Waals surface area (Å²) in [5, 5.41) is 3.10. The number of nitrogens with zero attached hydrogens (tertiary/aromatic N) is 1. The lowest BCUT2D eigenvalue weighted by Crippen LogP contribution is -2.53. The van der Waals surface area contributed by atoms with E-state index in [1.165, 1.54) is 5.56 Å². The molecule has 37 heavy (non-hydrogen) atoms. The van der Waals surface area contributed by atoms with Crippen molar-refractivity contribution in [2.75, 3.05) is 6.61 Å². The van der Waals surface area contributed by atoms with Crippen LogP contribution in [0.2, 0.25) is 0 Å². The van der Waals surface area contributed by atoms with Crippen molar-refractivity contribution in [1.29, 1.82) is 0 Å². The van der Waals surface area contributed by atoms with Crippen molar-refractivity contribution < 1.29 is 14.3 Å². The lowest BCUT2D eigenvalue weighted by atomic mass is 10.0. The van der Waals surface area contributed by atoms with Gasteiger partial charge in [-0.3, -0.25) is 9.59 Å². The molecule has 2 amide bonds. The number of hydrogen-bond acceptors (Lipinski definition) is 3. The molecule has 196 valence electrons. The quantitative estimate of drug-likeness (QED) is 0.329. The van der Waals surface area contributed by atoms with E-state index in [4.69, 9.17) is 4.74 Å². The summed E-state index contributed by atoms with van der Waals surface area (Å²) in [7, 11) is 0. The Morgan fingerprint density at radius 3 is 2.11 bits per heavy atom. The van der Waals surface area contributed by atoms with Gasteiger partial charge >= 0.3 is 0 Å². The minimum Gasteiger partial charge on any atom is -0.484 e. The Kier molecular flexibility index (Phi) is 10.3. The first-order chi connectivity index (χ1) is 17.8. The minimum absolute atomic E-state index is 0.0119. The highest BCUT2D eigenvalue weighted by molar-refractivity contribution is 5.88. The Hall–Kier alpha value is -3.60. The van der Waals surface area contributed by atoms with Gasteiger partial charge in [0.15, 0.2) is 6.61 Å². The van der Waals surface area contributed by atoms with Crippen molar-refractivity contribution in [3.05, 3.63) is 101 Å². The maximum absolute atomic E-state index is 13.7. The number of ether oxygens (including phenoxy) is 1. The van der Waals surface area contributed by atoms with Crippen LogP contribution in [0.3, 0.4) is 0 Å². The summed E-state index contributed by atoms with van der Waals surface area (Å²) in [5.74, 6) is 0.675. The number of carbonyl (C=O) groups excluding carboxylic acids is 2. The summed E-state index contributed by atoms with van der Waals surface area (Å²) >= 11 is 0. The smallest absolute Gasteiger partial charge is 0.261 e. The van der Waals surface area contributed by atoms with Gasteiger partial charge in [-0.15, -0.1) is 0 Å². The van der Waals surface area contributed by atoms with Crippen LogP contribution in [0.4, 0.5) is 0 Å². The van der Waals surface area contributed by atoms with E-state index in [9.17, 15) is 9.59 Å². The third-order valence-electron chi connectivity index (χ3n) is 6.65. The Morgan fingerprint density at radius 2 is 1.51 bits per heavy atom. The largest absolute Gasteiger partial charge is 0.484 e. The number of rotatable bonds is 12. The summed E-state index contributed by atoms with van der Waals surface area (Å²) in [5.41, 5.74) is 4.32. The molecule has 0 aliphatic carbocycles. The van der Waals surface area contributed by atoms with Crippen LogP contribution in [-0.4, -0.2) is 35.4 Å². The topological polar surface area (TPSA) is 58.6 Å². The van der Waals surface area contributed by atoms with Gasteiger partial charge in [-0.2, -0.15) is 0 Å². The fraction of sp³-hybridized carbons (Fsp3) is 0.375. The van der Waals surface area contributed by atoms with Crippen molar-refractivity contribution in [3.63, 3.8) is 0 Å². The SMILES string of the molecule is CC[C@@H](C)NC(=O)[C@H](Cc1ccccc1)N(Cc1ccc(C)cc1)C(=O)COc1ccc(C(C)C)cc1. The summed E-state index contributed by atoms with van der Waals surface area (Å²) in [6.07, 6.45) is 1.23. The van der Waals surface area contributed by atoms with Crippen LogP contribution < -0.4 is 10.1 Å². The molecule has 0 aliphatic heterocycles. The molecule has 0 aliphatic rings. The molecule has 5 nitrogen and oxygen atoms in total. The van der Waals surface area contributed by atoms with Gasteiger partial charge in [-0.05, 0) is 55.0 Å². The highest BCUT2D eigenvalue weighted by Gasteiger charge is 2.31. The summed E-state index contributed by atoms with van der Waals surface area (Å²) in [6, 6.07) is 25.1. The summed E-state index contributed by atoms with van der Waals surface area (Å²) < 4.78 is 5.90. The van der Waals surface area contributed by atoms with E-state index in [0.717, 1.165) is 23.1 Å². The van der Waals surface area contributed by atoms with Gasteiger partial charge in [0, 0.05) is 19.0 Å². The molecule has 5 heteroatoms. The standard InChI is InChI=1S/C32H40N2O3/c1-6-25(5)33-32(36)30(20-26-10-8-7-9-11-26)34(21-27-14-12-24(4)13-15-27)31(35)22-37-29-18-16-28(17-19-29)23(2)3/h7-19,23,25,30H,6,20-22H2,1-5H3,(H,33,36)/t25-,30+/m1/s1. The van der Waals surface area contributed by atoms with E-state index >= 15 is 0 Å². The van der Waals surface area contributed by atoms with Gasteiger partial charge in [0.05, 0.1) is 0 Å². The molecule has 0 saturated heterocycles. The highest BCUT2D eigenvalue weighted by Crippen LogP contribution is 2.20. The van der Waals surface area contributed by atoms with Crippen LogP contribution in [-0.2, 0) is 22.6 Å². The normalized spacial score (nSPS) is 12.6. The zero-order valence-electron chi connectivity index (χ0n) is 22.7. The Balaban J connectivity index is 1.88. The average Bonchev–Trinajstić information content (AvgIpc) is 2.91. The molecule has 0 unspecified atom stereocenters. The Bertz CT molecular complexity index is 1120. The van der Waals surface area contributed by atoms with E-state index in [0.29, 0.717) is 24.6 Å². The summed E-state index contributed by atoms with van der Waals surface area (Å²) in [4.78, 5) is 28.9. The van der Waals surface area contributed by atoms with Crippen molar-refractivity contribution in [2.45, 2.75) is 72.0 Å². The van der Waals surface area contributed by atoms with Crippen LogP contribution in [0.5, 0.6) is 5.75 Å². The zero-order valence-corrected chi connectivity index (χ0v) is 22.7. The number of nitrogens with one attached hydrogen (secondary N) is 1. The second kappa shape index (κ2) is 13.6. The molecule has 0 bridgehead atoms. The summed E-state index contributed by atoms with van der Waals surface area (Å²) in [6.45, 7) is 10.5. The molecular formula is C32H40N2O3. The number of hydrogen-bond donors (Lipinski definition) is 1. The molecule has 0 spiro atoms. The Morgan fingerprint density at radius 1 is 0.865 bits per heavy atom. The number of carbonyl (C=O) groups is 2. The van der Waals surface area contributed by atoms with Gasteiger partial charge in [0.25, 0.3) is 5.91 Å². The van der Waals surface area contributed by atoms with Crippen molar-refractivity contribution in [2.24, 2.45) is 0 Å². The maximum Gasteiger partial charge on any atom is 0.261 e. The maximum atomic E-state index is 13.7. The molecular weight excluding hydrogens is 460 g/mol. The first kappa shape index (κ1) is 28.0. The fourth-order valence-corrected chi connectivity index (χ4v) is 4.06. The van der Waals surface area contributed by atoms with Crippen LogP contribution in [0.25, 0.3) is 0 Å². The number of aryl methyl sites for hydroxylation is 1. The third kappa shape index (κ3) is 8.49. The second-order valence-electron chi connectivity index (χ2n) is 10.0. The first-order valence-electron chi connectivity index (χ1n) is 13.2. The van der Waals surface area contributed by atoms with Gasteiger partial charge < -0.3 is 15.0 Å². The lowest BCUT2D eigenvalue weighted by molar-refractivity contribution is -0.143. The van der Waals surface area contributed by atoms with Crippen LogP contribution in [0.1, 0.15) is 62.3 Å². The molecule has 3 aromatic carbocycles. The van der Waals surface area contributed by atoms with E-state index in [1.54, 1.807) is 4.90 Å². The molecule has 1 N–H and O–H groups in total. The molecule has 0 heterocycles. The van der Waals surface area contributed by atoms with E-state index in [2.05, 4.69) is 19.2 Å². The molecule has 0 fully saturated rings. The van der Waals surface area contributed by atoms with E-state index in [-0.39, 0.29) is 24.5 Å². The third-order valence-corrected chi connectivity index (χ3v) is 6.65. The molecule has 0 aromatic heterocycles. The Labute approximate surface area is 221 Å². The van der Waals surface area contributed by atoms with E-state index < -0.39 is 6.04 Å². The number of amides is 2.